The van der Waals surface area contributed by atoms with Crippen LogP contribution in [0.25, 0.3) is 0 Å². The van der Waals surface area contributed by atoms with E-state index in [9.17, 15) is 19.2 Å². The van der Waals surface area contributed by atoms with E-state index in [4.69, 9.17) is 11.1 Å². The van der Waals surface area contributed by atoms with Crippen molar-refractivity contribution in [2.45, 2.75) is 167 Å². The highest BCUT2D eigenvalue weighted by atomic mass is 16.2. The van der Waals surface area contributed by atoms with Crippen LogP contribution in [0.5, 0.6) is 0 Å². The van der Waals surface area contributed by atoms with Gasteiger partial charge in [-0.2, -0.15) is 0 Å². The summed E-state index contributed by atoms with van der Waals surface area (Å²) in [5.41, 5.74) is 8.47. The van der Waals surface area contributed by atoms with E-state index < -0.39 is 0 Å². The first-order chi connectivity index (χ1) is 22.0. The molecule has 3 unspecified atom stereocenters. The lowest BCUT2D eigenvalue weighted by Gasteiger charge is -2.21. The van der Waals surface area contributed by atoms with Gasteiger partial charge in [0.25, 0.3) is 0 Å². The molecule has 3 N–H and O–H groups in total. The number of Topliss-reactive ketones (excluding diaryl/α,β-unsaturated/α-hetero) is 4. The number of hydrogen-bond acceptors (Lipinski definition) is 6. The van der Waals surface area contributed by atoms with E-state index in [0.717, 1.165) is 62.6 Å². The lowest BCUT2D eigenvalue weighted by atomic mass is 9.84. The van der Waals surface area contributed by atoms with Crippen LogP contribution < -0.4 is 5.73 Å². The summed E-state index contributed by atoms with van der Waals surface area (Å²) in [5.74, 6) is 1.28. The maximum absolute atomic E-state index is 11.4. The van der Waals surface area contributed by atoms with Crippen molar-refractivity contribution in [2.24, 2.45) is 23.5 Å². The number of ketones is 4. The normalized spacial score (nSPS) is 11.6. The summed E-state index contributed by atoms with van der Waals surface area (Å²) in [5, 5.41) is 7.66. The topological polar surface area (TPSA) is 118 Å². The molecule has 6 heteroatoms. The summed E-state index contributed by atoms with van der Waals surface area (Å²) in [6.45, 7) is 26.9. The molecule has 0 bridgehead atoms. The van der Waals surface area contributed by atoms with Gasteiger partial charge >= 0.3 is 0 Å². The van der Waals surface area contributed by atoms with Gasteiger partial charge in [0.2, 0.25) is 5.78 Å². The minimum Gasteiger partial charge on any atom is -0.403 e. The van der Waals surface area contributed by atoms with Crippen molar-refractivity contribution in [3.05, 3.63) is 47.7 Å². The first-order valence-electron chi connectivity index (χ1n) is 18.1. The molecule has 0 spiro atoms. The Bertz CT molecular complexity index is 978. The second kappa shape index (κ2) is 34.4. The van der Waals surface area contributed by atoms with Crippen LogP contribution in [0.1, 0.15) is 176 Å². The molecule has 0 saturated heterocycles. The number of allylic oxidation sites excluding steroid dienone is 1. The van der Waals surface area contributed by atoms with Crippen molar-refractivity contribution in [1.29, 1.82) is 5.41 Å². The number of carbonyl (C=O) groups excluding carboxylic acids is 4. The zero-order valence-corrected chi connectivity index (χ0v) is 32.7. The van der Waals surface area contributed by atoms with Gasteiger partial charge in [0.15, 0.2) is 11.6 Å². The molecule has 6 nitrogen and oxygen atoms in total. The van der Waals surface area contributed by atoms with Gasteiger partial charge in [-0.1, -0.05) is 130 Å². The predicted octanol–water partition coefficient (Wildman–Crippen LogP) is 11.5. The number of aryl methyl sites for hydroxylation is 1. The number of hydrogen-bond donors (Lipinski definition) is 2. The number of rotatable bonds is 18. The van der Waals surface area contributed by atoms with Crippen LogP contribution in [0, 0.1) is 30.1 Å². The highest BCUT2D eigenvalue weighted by Crippen LogP contribution is 2.22. The number of unbranched alkanes of at least 4 members (excludes halogenated alkanes) is 3. The van der Waals surface area contributed by atoms with Crippen LogP contribution in [-0.2, 0) is 14.4 Å². The Kier molecular flexibility index (Phi) is 37.3. The molecule has 0 aromatic heterocycles. The van der Waals surface area contributed by atoms with Gasteiger partial charge in [0.1, 0.15) is 5.78 Å². The van der Waals surface area contributed by atoms with Crippen molar-refractivity contribution >= 4 is 28.8 Å². The van der Waals surface area contributed by atoms with E-state index in [2.05, 4.69) is 41.2 Å². The molecule has 1 aromatic carbocycles. The largest absolute Gasteiger partial charge is 0.403 e. The third-order valence-corrected chi connectivity index (χ3v) is 7.59. The number of nitrogens with two attached hydrogens (primary N) is 1. The summed E-state index contributed by atoms with van der Waals surface area (Å²) in [7, 11) is 0. The van der Waals surface area contributed by atoms with E-state index in [1.807, 2.05) is 52.0 Å². The summed E-state index contributed by atoms with van der Waals surface area (Å²) >= 11 is 0. The van der Waals surface area contributed by atoms with E-state index >= 15 is 0 Å². The predicted molar refractivity (Wildman–Crippen MR) is 204 cm³/mol. The van der Waals surface area contributed by atoms with E-state index in [1.54, 1.807) is 13.8 Å². The Hall–Kier alpha value is -2.89. The molecule has 3 atom stereocenters. The number of carbonyl (C=O) groups is 4. The van der Waals surface area contributed by atoms with Crippen LogP contribution in [0.3, 0.4) is 0 Å². The van der Waals surface area contributed by atoms with Crippen LogP contribution >= 0.6 is 0 Å². The molecule has 0 fully saturated rings. The van der Waals surface area contributed by atoms with Crippen molar-refractivity contribution < 1.29 is 19.2 Å². The minimum absolute atomic E-state index is 0.0116. The lowest BCUT2D eigenvalue weighted by Crippen LogP contribution is -2.21. The van der Waals surface area contributed by atoms with Crippen molar-refractivity contribution in [3.63, 3.8) is 0 Å². The van der Waals surface area contributed by atoms with Crippen LogP contribution in [0.2, 0.25) is 0 Å². The molecule has 47 heavy (non-hydrogen) atoms. The van der Waals surface area contributed by atoms with Crippen molar-refractivity contribution in [1.82, 2.24) is 0 Å². The van der Waals surface area contributed by atoms with Gasteiger partial charge in [0.05, 0.1) is 0 Å². The summed E-state index contributed by atoms with van der Waals surface area (Å²) in [4.78, 5) is 43.6. The molecule has 1 rings (SSSR count). The zero-order chi connectivity index (χ0) is 37.4. The SMILES string of the molecule is C=C(C)N.CCC(=O)c1ccc(C)cc1.CCCCC(C(C)=N)C(C)CC.CCCCC(C)=O.CCCCC(CCC)C(=O)C(C)=O. The van der Waals surface area contributed by atoms with E-state index in [1.165, 1.54) is 38.2 Å². The first kappa shape index (κ1) is 51.0. The van der Waals surface area contributed by atoms with Crippen LogP contribution in [0.15, 0.2) is 36.5 Å². The van der Waals surface area contributed by atoms with Crippen LogP contribution in [-0.4, -0.2) is 28.8 Å². The summed E-state index contributed by atoms with van der Waals surface area (Å²) < 4.78 is 0. The molecule has 0 aliphatic carbocycles. The van der Waals surface area contributed by atoms with E-state index in [-0.39, 0.29) is 23.3 Å². The van der Waals surface area contributed by atoms with Crippen LogP contribution in [0.4, 0.5) is 0 Å². The molecule has 0 saturated carbocycles. The van der Waals surface area contributed by atoms with Gasteiger partial charge in [-0.25, -0.2) is 0 Å². The average molecular weight is 659 g/mol. The number of benzene rings is 1. The minimum atomic E-state index is -0.283. The van der Waals surface area contributed by atoms with Gasteiger partial charge in [-0.3, -0.25) is 14.4 Å². The molecule has 272 valence electrons. The van der Waals surface area contributed by atoms with Gasteiger partial charge in [-0.05, 0) is 70.9 Å². The third kappa shape index (κ3) is 34.3. The lowest BCUT2D eigenvalue weighted by molar-refractivity contribution is -0.138. The van der Waals surface area contributed by atoms with Gasteiger partial charge in [0, 0.05) is 37.0 Å². The van der Waals surface area contributed by atoms with Crippen molar-refractivity contribution in [3.8, 4) is 0 Å². The molecule has 0 aliphatic heterocycles. The monoisotopic (exact) mass is 659 g/mol. The van der Waals surface area contributed by atoms with Gasteiger partial charge < -0.3 is 15.9 Å². The second-order valence-corrected chi connectivity index (χ2v) is 12.7. The first-order valence-corrected chi connectivity index (χ1v) is 18.1. The van der Waals surface area contributed by atoms with Gasteiger partial charge in [-0.15, -0.1) is 0 Å². The summed E-state index contributed by atoms with van der Waals surface area (Å²) in [6, 6.07) is 7.67. The molecule has 0 heterocycles. The Balaban J connectivity index is -0.000000256. The zero-order valence-electron chi connectivity index (χ0n) is 32.7. The maximum atomic E-state index is 11.4. The molecule has 0 aliphatic rings. The molecular weight excluding hydrogens is 584 g/mol. The quantitative estimate of drug-likeness (QED) is 0.0924. The Morgan fingerprint density at radius 1 is 0.766 bits per heavy atom. The van der Waals surface area contributed by atoms with Crippen molar-refractivity contribution in [2.75, 3.05) is 0 Å². The smallest absolute Gasteiger partial charge is 0.201 e. The third-order valence-electron chi connectivity index (χ3n) is 7.59. The fourth-order valence-corrected chi connectivity index (χ4v) is 4.50. The summed E-state index contributed by atoms with van der Waals surface area (Å²) in [6.07, 6.45) is 13.3. The molecule has 0 radical (unpaired) electrons. The Morgan fingerprint density at radius 3 is 1.55 bits per heavy atom. The second-order valence-electron chi connectivity index (χ2n) is 12.7. The van der Waals surface area contributed by atoms with E-state index in [0.29, 0.717) is 29.7 Å². The maximum Gasteiger partial charge on any atom is 0.201 e. The Morgan fingerprint density at radius 2 is 1.23 bits per heavy atom. The molecule has 0 amide bonds. The highest BCUT2D eigenvalue weighted by Gasteiger charge is 2.20. The highest BCUT2D eigenvalue weighted by molar-refractivity contribution is 6.37. The molecule has 1 aromatic rings. The Labute approximate surface area is 290 Å². The standard InChI is InChI=1S/C11H23N.C11H20O2.C10H12O.C6H12O.C3H7N/c1-5-7-8-11(10(4)12)9(3)6-2;1-4-6-8-10(7-5-2)11(13)9(3)12;1-3-10(11)9-6-4-8(2)5-7-9;1-3-4-5-6(2)7;1-3(2)4/h9,11-12H,5-8H2,1-4H3;10H,4-8H2,1-3H3;4-7H,3H2,1-2H3;3-5H2,1-2H3;1,4H2,2H3. The number of nitrogens with one attached hydrogen (secondary N) is 1. The average Bonchev–Trinajstić information content (AvgIpc) is 3.02. The fourth-order valence-electron chi connectivity index (χ4n) is 4.50. The molecular formula is C41H74N2O4. The fraction of sp³-hybridized carbons (Fsp3) is 0.683.